The Morgan fingerprint density at radius 1 is 1.27 bits per heavy atom. The molecule has 22 heavy (non-hydrogen) atoms. The van der Waals surface area contributed by atoms with Crippen LogP contribution in [0.4, 0.5) is 0 Å². The van der Waals surface area contributed by atoms with Crippen LogP contribution in [0.25, 0.3) is 0 Å². The average Bonchev–Trinajstić information content (AvgIpc) is 2.49. The molecule has 0 aromatic rings. The van der Waals surface area contributed by atoms with Gasteiger partial charge < -0.3 is 15.3 Å². The molecule has 0 aromatic carbocycles. The van der Waals surface area contributed by atoms with E-state index in [0.29, 0.717) is 25.8 Å². The van der Waals surface area contributed by atoms with Gasteiger partial charge in [-0.25, -0.2) is 0 Å². The van der Waals surface area contributed by atoms with E-state index in [9.17, 15) is 19.5 Å². The standard InChI is InChI=1S/C16H28N2O4/c1-4-14(19)18-8-6-5-7-13(18)15(20)17-10-12(16(21)22)9-11(2)3/h11-13H,4-10H2,1-3H3,(H,17,20)(H,21,22). The number of nitrogens with zero attached hydrogens (tertiary/aromatic N) is 1. The van der Waals surface area contributed by atoms with Crippen LogP contribution < -0.4 is 5.32 Å². The largest absolute Gasteiger partial charge is 0.481 e. The van der Waals surface area contributed by atoms with Gasteiger partial charge in [0.15, 0.2) is 0 Å². The molecule has 2 atom stereocenters. The summed E-state index contributed by atoms with van der Waals surface area (Å²) in [5.41, 5.74) is 0. The second-order valence-corrected chi connectivity index (χ2v) is 6.36. The Morgan fingerprint density at radius 3 is 2.50 bits per heavy atom. The van der Waals surface area contributed by atoms with Gasteiger partial charge in [0.1, 0.15) is 6.04 Å². The number of amides is 2. The molecule has 1 aliphatic rings. The Kier molecular flexibility index (Phi) is 7.35. The van der Waals surface area contributed by atoms with Gasteiger partial charge in [0.05, 0.1) is 5.92 Å². The number of nitrogens with one attached hydrogen (secondary N) is 1. The number of carboxylic acids is 1. The van der Waals surface area contributed by atoms with Crippen molar-refractivity contribution >= 4 is 17.8 Å². The molecule has 0 bridgehead atoms. The minimum Gasteiger partial charge on any atom is -0.481 e. The van der Waals surface area contributed by atoms with Gasteiger partial charge in [-0.1, -0.05) is 20.8 Å². The highest BCUT2D eigenvalue weighted by atomic mass is 16.4. The number of hydrogen-bond donors (Lipinski definition) is 2. The molecule has 2 N–H and O–H groups in total. The lowest BCUT2D eigenvalue weighted by atomic mass is 9.96. The fraction of sp³-hybridized carbons (Fsp3) is 0.812. The summed E-state index contributed by atoms with van der Waals surface area (Å²) < 4.78 is 0. The third kappa shape index (κ3) is 5.31. The maximum atomic E-state index is 12.3. The van der Waals surface area contributed by atoms with Crippen molar-refractivity contribution in [2.75, 3.05) is 13.1 Å². The van der Waals surface area contributed by atoms with Crippen molar-refractivity contribution in [1.29, 1.82) is 0 Å². The monoisotopic (exact) mass is 312 g/mol. The molecule has 6 heteroatoms. The average molecular weight is 312 g/mol. The van der Waals surface area contributed by atoms with Gasteiger partial charge in [-0.2, -0.15) is 0 Å². The zero-order valence-electron chi connectivity index (χ0n) is 13.8. The Bertz CT molecular complexity index is 409. The summed E-state index contributed by atoms with van der Waals surface area (Å²) in [5.74, 6) is -1.46. The van der Waals surface area contributed by atoms with E-state index in [1.54, 1.807) is 11.8 Å². The molecule has 2 unspecified atom stereocenters. The van der Waals surface area contributed by atoms with Crippen LogP contribution in [0.5, 0.6) is 0 Å². The van der Waals surface area contributed by atoms with E-state index in [2.05, 4.69) is 5.32 Å². The van der Waals surface area contributed by atoms with E-state index < -0.39 is 17.9 Å². The SMILES string of the molecule is CCC(=O)N1CCCCC1C(=O)NCC(CC(C)C)C(=O)O. The Morgan fingerprint density at radius 2 is 1.95 bits per heavy atom. The Labute approximate surface area is 132 Å². The Hall–Kier alpha value is -1.59. The van der Waals surface area contributed by atoms with Crippen LogP contribution in [0.1, 0.15) is 52.9 Å². The van der Waals surface area contributed by atoms with E-state index in [0.717, 1.165) is 12.8 Å². The quantitative estimate of drug-likeness (QED) is 0.748. The lowest BCUT2D eigenvalue weighted by Crippen LogP contribution is -2.52. The fourth-order valence-electron chi connectivity index (χ4n) is 2.89. The van der Waals surface area contributed by atoms with Crippen molar-refractivity contribution < 1.29 is 19.5 Å². The van der Waals surface area contributed by atoms with Gasteiger partial charge in [-0.3, -0.25) is 14.4 Å². The van der Waals surface area contributed by atoms with E-state index in [-0.39, 0.29) is 24.3 Å². The molecule has 1 saturated heterocycles. The first-order valence-electron chi connectivity index (χ1n) is 8.16. The highest BCUT2D eigenvalue weighted by Crippen LogP contribution is 2.18. The summed E-state index contributed by atoms with van der Waals surface area (Å²) >= 11 is 0. The molecule has 0 spiro atoms. The summed E-state index contributed by atoms with van der Waals surface area (Å²) in [7, 11) is 0. The van der Waals surface area contributed by atoms with Crippen LogP contribution in [-0.2, 0) is 14.4 Å². The summed E-state index contributed by atoms with van der Waals surface area (Å²) in [6.07, 6.45) is 3.40. The van der Waals surface area contributed by atoms with Gasteiger partial charge >= 0.3 is 5.97 Å². The van der Waals surface area contributed by atoms with Crippen LogP contribution in [0.2, 0.25) is 0 Å². The maximum Gasteiger partial charge on any atom is 0.308 e. The van der Waals surface area contributed by atoms with Crippen molar-refractivity contribution in [3.63, 3.8) is 0 Å². The third-order valence-electron chi connectivity index (χ3n) is 4.06. The molecular weight excluding hydrogens is 284 g/mol. The van der Waals surface area contributed by atoms with Crippen LogP contribution >= 0.6 is 0 Å². The van der Waals surface area contributed by atoms with Crippen molar-refractivity contribution in [2.45, 2.75) is 58.9 Å². The number of carboxylic acid groups (broad SMARTS) is 1. The first kappa shape index (κ1) is 18.5. The van der Waals surface area contributed by atoms with Crippen LogP contribution in [0, 0.1) is 11.8 Å². The van der Waals surface area contributed by atoms with Crippen molar-refractivity contribution in [2.24, 2.45) is 11.8 Å². The highest BCUT2D eigenvalue weighted by Gasteiger charge is 2.31. The number of carbonyl (C=O) groups excluding carboxylic acids is 2. The minimum atomic E-state index is -0.890. The van der Waals surface area contributed by atoms with Crippen molar-refractivity contribution in [3.05, 3.63) is 0 Å². The third-order valence-corrected chi connectivity index (χ3v) is 4.06. The van der Waals surface area contributed by atoms with E-state index in [1.165, 1.54) is 0 Å². The van der Waals surface area contributed by atoms with Crippen LogP contribution in [-0.4, -0.2) is 46.9 Å². The topological polar surface area (TPSA) is 86.7 Å². The summed E-state index contributed by atoms with van der Waals surface area (Å²) in [4.78, 5) is 37.1. The predicted molar refractivity (Wildman–Crippen MR) is 83.2 cm³/mol. The second-order valence-electron chi connectivity index (χ2n) is 6.36. The van der Waals surface area contributed by atoms with Crippen molar-refractivity contribution in [1.82, 2.24) is 10.2 Å². The lowest BCUT2D eigenvalue weighted by Gasteiger charge is -2.34. The molecule has 2 amide bonds. The summed E-state index contributed by atoms with van der Waals surface area (Å²) in [5, 5.41) is 11.9. The smallest absolute Gasteiger partial charge is 0.308 e. The minimum absolute atomic E-state index is 0.0168. The van der Waals surface area contributed by atoms with E-state index in [4.69, 9.17) is 0 Å². The van der Waals surface area contributed by atoms with Crippen LogP contribution in [0.3, 0.4) is 0 Å². The number of hydrogen-bond acceptors (Lipinski definition) is 3. The molecular formula is C16H28N2O4. The molecule has 1 rings (SSSR count). The first-order chi connectivity index (χ1) is 10.4. The predicted octanol–water partition coefficient (Wildman–Crippen LogP) is 1.64. The summed E-state index contributed by atoms with van der Waals surface area (Å²) in [6.45, 7) is 6.44. The van der Waals surface area contributed by atoms with Crippen LogP contribution in [0.15, 0.2) is 0 Å². The molecule has 0 aromatic heterocycles. The molecule has 1 heterocycles. The second kappa shape index (κ2) is 8.76. The number of aliphatic carboxylic acids is 1. The molecule has 0 radical (unpaired) electrons. The van der Waals surface area contributed by atoms with Gasteiger partial charge in [0.2, 0.25) is 11.8 Å². The van der Waals surface area contributed by atoms with Gasteiger partial charge in [-0.15, -0.1) is 0 Å². The number of carbonyl (C=O) groups is 3. The normalized spacial score (nSPS) is 19.8. The summed E-state index contributed by atoms with van der Waals surface area (Å²) in [6, 6.07) is -0.449. The first-order valence-corrected chi connectivity index (χ1v) is 8.16. The zero-order chi connectivity index (χ0) is 16.7. The number of likely N-dealkylation sites (tertiary alicyclic amines) is 1. The number of rotatable bonds is 7. The van der Waals surface area contributed by atoms with E-state index >= 15 is 0 Å². The molecule has 6 nitrogen and oxygen atoms in total. The zero-order valence-corrected chi connectivity index (χ0v) is 13.8. The lowest BCUT2D eigenvalue weighted by molar-refractivity contribution is -0.144. The maximum absolute atomic E-state index is 12.3. The number of piperidine rings is 1. The Balaban J connectivity index is 2.61. The van der Waals surface area contributed by atoms with Gasteiger partial charge in [-0.05, 0) is 31.6 Å². The van der Waals surface area contributed by atoms with Crippen molar-refractivity contribution in [3.8, 4) is 0 Å². The molecule has 0 saturated carbocycles. The van der Waals surface area contributed by atoms with Gasteiger partial charge in [0.25, 0.3) is 0 Å². The fourth-order valence-corrected chi connectivity index (χ4v) is 2.89. The molecule has 1 fully saturated rings. The van der Waals surface area contributed by atoms with Gasteiger partial charge in [0, 0.05) is 19.5 Å². The highest BCUT2D eigenvalue weighted by molar-refractivity contribution is 5.88. The molecule has 126 valence electrons. The molecule has 0 aliphatic carbocycles. The molecule has 1 aliphatic heterocycles. The van der Waals surface area contributed by atoms with E-state index in [1.807, 2.05) is 13.8 Å².